The van der Waals surface area contributed by atoms with Crippen molar-refractivity contribution in [2.45, 2.75) is 32.0 Å². The summed E-state index contributed by atoms with van der Waals surface area (Å²) in [6.45, 7) is 8.25. The van der Waals surface area contributed by atoms with Crippen molar-refractivity contribution >= 4 is 28.9 Å². The highest BCUT2D eigenvalue weighted by Crippen LogP contribution is 2.25. The lowest BCUT2D eigenvalue weighted by Crippen LogP contribution is -2.08. The Morgan fingerprint density at radius 3 is 2.58 bits per heavy atom. The van der Waals surface area contributed by atoms with E-state index in [1.807, 2.05) is 13.0 Å². The predicted molar refractivity (Wildman–Crippen MR) is 80.4 cm³/mol. The molecule has 5 heteroatoms. The Morgan fingerprint density at radius 1 is 1.21 bits per heavy atom. The van der Waals surface area contributed by atoms with E-state index in [0.717, 1.165) is 15.5 Å². The van der Waals surface area contributed by atoms with Crippen molar-refractivity contribution in [1.82, 2.24) is 10.2 Å². The summed E-state index contributed by atoms with van der Waals surface area (Å²) in [5.74, 6) is 0.571. The van der Waals surface area contributed by atoms with Crippen LogP contribution in [-0.2, 0) is 0 Å². The van der Waals surface area contributed by atoms with Crippen molar-refractivity contribution in [3.63, 3.8) is 0 Å². The predicted octanol–water partition coefficient (Wildman–Crippen LogP) is 3.75. The van der Waals surface area contributed by atoms with Crippen molar-refractivity contribution < 1.29 is 4.79 Å². The fourth-order valence-electron chi connectivity index (χ4n) is 1.93. The first-order valence-electron chi connectivity index (χ1n) is 6.00. The van der Waals surface area contributed by atoms with Crippen LogP contribution in [0.5, 0.6) is 0 Å². The number of aromatic nitrogens is 2. The number of benzene rings is 1. The van der Waals surface area contributed by atoms with Crippen LogP contribution in [0.4, 0.5) is 0 Å². The average molecular weight is 292 g/mol. The zero-order valence-electron chi connectivity index (χ0n) is 11.5. The van der Waals surface area contributed by atoms with Gasteiger partial charge in [0.15, 0.2) is 10.1 Å². The zero-order valence-corrected chi connectivity index (χ0v) is 13.1. The highest BCUT2D eigenvalue weighted by Gasteiger charge is 2.14. The van der Waals surface area contributed by atoms with Gasteiger partial charge in [0.2, 0.25) is 0 Å². The van der Waals surface area contributed by atoms with E-state index in [9.17, 15) is 4.79 Å². The number of nitrogens with zero attached hydrogens (tertiary/aromatic N) is 2. The number of carbonyl (C=O) groups excluding carboxylic acids is 1. The van der Waals surface area contributed by atoms with Crippen molar-refractivity contribution in [3.05, 3.63) is 39.4 Å². The van der Waals surface area contributed by atoms with Crippen LogP contribution in [0.3, 0.4) is 0 Å². The minimum atomic E-state index is 0.156. The van der Waals surface area contributed by atoms with Crippen molar-refractivity contribution in [3.8, 4) is 0 Å². The number of thioether (sulfide) groups is 1. The summed E-state index contributed by atoms with van der Waals surface area (Å²) in [5, 5.41) is 7.70. The number of carbonyl (C=O) groups is 1. The summed E-state index contributed by atoms with van der Waals surface area (Å²) >= 11 is 2.91. The molecular formula is C14H16N2OS2. The largest absolute Gasteiger partial charge is 0.293 e. The summed E-state index contributed by atoms with van der Waals surface area (Å²) in [5.41, 5.74) is 7.25. The standard InChI is InChI=1S/C14H16N2OS2/c1-8-5-12(11(4)10(3)9(8)2)13(17)6-18-14-16-15-7-19-14/h5,7H,6H2,1-4H3. The second-order valence-electron chi connectivity index (χ2n) is 4.53. The van der Waals surface area contributed by atoms with Gasteiger partial charge < -0.3 is 0 Å². The molecule has 1 heterocycles. The van der Waals surface area contributed by atoms with Crippen LogP contribution in [0.2, 0.25) is 0 Å². The van der Waals surface area contributed by atoms with Gasteiger partial charge in [0, 0.05) is 5.56 Å². The molecule has 0 spiro atoms. The van der Waals surface area contributed by atoms with E-state index < -0.39 is 0 Å². The molecule has 0 unspecified atom stereocenters. The van der Waals surface area contributed by atoms with Crippen LogP contribution in [0.15, 0.2) is 15.9 Å². The summed E-state index contributed by atoms with van der Waals surface area (Å²) < 4.78 is 0.839. The van der Waals surface area contributed by atoms with Crippen LogP contribution in [0, 0.1) is 27.7 Å². The van der Waals surface area contributed by atoms with Gasteiger partial charge in [0.25, 0.3) is 0 Å². The monoisotopic (exact) mass is 292 g/mol. The summed E-state index contributed by atoms with van der Waals surface area (Å²) in [7, 11) is 0. The van der Waals surface area contributed by atoms with Gasteiger partial charge in [0.1, 0.15) is 5.51 Å². The number of hydrogen-bond acceptors (Lipinski definition) is 5. The van der Waals surface area contributed by atoms with Gasteiger partial charge in [-0.25, -0.2) is 0 Å². The maximum absolute atomic E-state index is 12.3. The molecule has 0 N–H and O–H groups in total. The molecule has 1 aromatic heterocycles. The van der Waals surface area contributed by atoms with Gasteiger partial charge in [0.05, 0.1) is 5.75 Å². The van der Waals surface area contributed by atoms with Gasteiger partial charge >= 0.3 is 0 Å². The van der Waals surface area contributed by atoms with Crippen LogP contribution >= 0.6 is 23.1 Å². The Kier molecular flexibility index (Phi) is 4.37. The Balaban J connectivity index is 2.20. The maximum Gasteiger partial charge on any atom is 0.174 e. The van der Waals surface area contributed by atoms with Crippen molar-refractivity contribution in [1.29, 1.82) is 0 Å². The van der Waals surface area contributed by atoms with E-state index in [-0.39, 0.29) is 5.78 Å². The fraction of sp³-hybridized carbons (Fsp3) is 0.357. The lowest BCUT2D eigenvalue weighted by Gasteiger charge is -2.13. The first-order valence-corrected chi connectivity index (χ1v) is 7.86. The van der Waals surface area contributed by atoms with Gasteiger partial charge in [-0.15, -0.1) is 10.2 Å². The average Bonchev–Trinajstić information content (AvgIpc) is 2.91. The van der Waals surface area contributed by atoms with Crippen LogP contribution in [-0.4, -0.2) is 21.7 Å². The molecular weight excluding hydrogens is 276 g/mol. The van der Waals surface area contributed by atoms with Gasteiger partial charge in [-0.3, -0.25) is 4.79 Å². The SMILES string of the molecule is Cc1cc(C(=O)CSc2nncs2)c(C)c(C)c1C. The zero-order chi connectivity index (χ0) is 14.0. The van der Waals surface area contributed by atoms with Crippen molar-refractivity contribution in [2.75, 3.05) is 5.75 Å². The van der Waals surface area contributed by atoms with Gasteiger partial charge in [-0.1, -0.05) is 23.1 Å². The highest BCUT2D eigenvalue weighted by molar-refractivity contribution is 8.01. The fourth-order valence-corrected chi connectivity index (χ4v) is 3.30. The quantitative estimate of drug-likeness (QED) is 0.636. The third-order valence-electron chi connectivity index (χ3n) is 3.45. The number of rotatable bonds is 4. The van der Waals surface area contributed by atoms with Gasteiger partial charge in [-0.05, 0) is 56.0 Å². The smallest absolute Gasteiger partial charge is 0.174 e. The molecule has 0 amide bonds. The molecule has 19 heavy (non-hydrogen) atoms. The summed E-state index contributed by atoms with van der Waals surface area (Å²) in [6.07, 6.45) is 0. The molecule has 0 aliphatic carbocycles. The number of Topliss-reactive ketones (excluding diaryl/α,β-unsaturated/α-hetero) is 1. The lowest BCUT2D eigenvalue weighted by molar-refractivity contribution is 0.102. The molecule has 1 aromatic carbocycles. The van der Waals surface area contributed by atoms with Crippen LogP contribution < -0.4 is 0 Å². The molecule has 100 valence electrons. The molecule has 0 radical (unpaired) electrons. The van der Waals surface area contributed by atoms with E-state index >= 15 is 0 Å². The molecule has 0 aliphatic rings. The number of ketones is 1. The van der Waals surface area contributed by atoms with Crippen molar-refractivity contribution in [2.24, 2.45) is 0 Å². The number of aryl methyl sites for hydroxylation is 1. The first-order chi connectivity index (χ1) is 9.00. The molecule has 0 atom stereocenters. The van der Waals surface area contributed by atoms with E-state index in [0.29, 0.717) is 5.75 Å². The molecule has 3 nitrogen and oxygen atoms in total. The van der Waals surface area contributed by atoms with E-state index in [1.165, 1.54) is 39.8 Å². The topological polar surface area (TPSA) is 42.9 Å². The molecule has 0 fully saturated rings. The third kappa shape index (κ3) is 3.04. The Labute approximate surface area is 121 Å². The highest BCUT2D eigenvalue weighted by atomic mass is 32.2. The Bertz CT molecular complexity index is 606. The van der Waals surface area contributed by atoms with Gasteiger partial charge in [-0.2, -0.15) is 0 Å². The molecule has 0 saturated heterocycles. The number of hydrogen-bond donors (Lipinski definition) is 0. The maximum atomic E-state index is 12.3. The third-order valence-corrected chi connectivity index (χ3v) is 5.31. The van der Waals surface area contributed by atoms with E-state index in [4.69, 9.17) is 0 Å². The summed E-state index contributed by atoms with van der Waals surface area (Å²) in [6, 6.07) is 2.00. The van der Waals surface area contributed by atoms with Crippen LogP contribution in [0.25, 0.3) is 0 Å². The second-order valence-corrected chi connectivity index (χ2v) is 6.59. The molecule has 2 aromatic rings. The first kappa shape index (κ1) is 14.2. The lowest BCUT2D eigenvalue weighted by atomic mass is 9.93. The summed E-state index contributed by atoms with van der Waals surface area (Å²) in [4.78, 5) is 12.3. The minimum absolute atomic E-state index is 0.156. The van der Waals surface area contributed by atoms with E-state index in [2.05, 4.69) is 31.0 Å². The van der Waals surface area contributed by atoms with Crippen LogP contribution in [0.1, 0.15) is 32.6 Å². The Morgan fingerprint density at radius 2 is 1.95 bits per heavy atom. The molecule has 2 rings (SSSR count). The molecule has 0 saturated carbocycles. The minimum Gasteiger partial charge on any atom is -0.293 e. The molecule has 0 aliphatic heterocycles. The molecule has 0 bridgehead atoms. The second kappa shape index (κ2) is 5.84. The normalized spacial score (nSPS) is 10.7. The van der Waals surface area contributed by atoms with E-state index in [1.54, 1.807) is 5.51 Å². The Hall–Kier alpha value is -1.20.